The first-order chi connectivity index (χ1) is 11.9. The molecule has 0 fully saturated rings. The third-order valence-corrected chi connectivity index (χ3v) is 4.06. The third-order valence-electron chi connectivity index (χ3n) is 4.06. The average Bonchev–Trinajstić information content (AvgIpc) is 2.57. The van der Waals surface area contributed by atoms with Crippen molar-refractivity contribution in [2.24, 2.45) is 5.41 Å². The molecule has 25 heavy (non-hydrogen) atoms. The predicted octanol–water partition coefficient (Wildman–Crippen LogP) is 4.92. The van der Waals surface area contributed by atoms with E-state index < -0.39 is 0 Å². The Bertz CT molecular complexity index is 674. The maximum atomic E-state index is 5.97. The van der Waals surface area contributed by atoms with E-state index in [1.165, 1.54) is 16.7 Å². The molecule has 0 heterocycles. The lowest BCUT2D eigenvalue weighted by molar-refractivity contribution is 0.283. The van der Waals surface area contributed by atoms with Crippen LogP contribution in [0.2, 0.25) is 0 Å². The molecule has 135 valence electrons. The van der Waals surface area contributed by atoms with Crippen LogP contribution in [0.5, 0.6) is 11.5 Å². The molecule has 0 aliphatic heterocycles. The van der Waals surface area contributed by atoms with E-state index in [-0.39, 0.29) is 5.41 Å². The van der Waals surface area contributed by atoms with Gasteiger partial charge in [0.1, 0.15) is 6.61 Å². The van der Waals surface area contributed by atoms with Gasteiger partial charge >= 0.3 is 0 Å². The molecule has 2 rings (SSSR count). The molecule has 0 atom stereocenters. The van der Waals surface area contributed by atoms with Crippen molar-refractivity contribution < 1.29 is 9.47 Å². The predicted molar refractivity (Wildman–Crippen MR) is 104 cm³/mol. The quantitative estimate of drug-likeness (QED) is 0.692. The fraction of sp³-hybridized carbons (Fsp3) is 0.409. The van der Waals surface area contributed by atoms with Crippen LogP contribution in [0.3, 0.4) is 0 Å². The standard InChI is InChI=1S/C22H30NO2/c1-17-8-6-7-9-19(17)16-25-20-11-10-18(14-21(20)24-5)15-23-13-12-22(2,3)4/h6-12,14,23H,13,15-16H2,1-5H3. The van der Waals surface area contributed by atoms with E-state index in [2.05, 4.69) is 57.6 Å². The van der Waals surface area contributed by atoms with Gasteiger partial charge in [-0.1, -0.05) is 51.1 Å². The zero-order chi connectivity index (χ0) is 18.3. The van der Waals surface area contributed by atoms with Crippen molar-refractivity contribution in [2.75, 3.05) is 13.7 Å². The molecule has 1 radical (unpaired) electrons. The molecule has 0 saturated heterocycles. The highest BCUT2D eigenvalue weighted by molar-refractivity contribution is 5.43. The second kappa shape index (κ2) is 8.91. The summed E-state index contributed by atoms with van der Waals surface area (Å²) < 4.78 is 11.5. The molecule has 0 bridgehead atoms. The van der Waals surface area contributed by atoms with Gasteiger partial charge in [0, 0.05) is 6.54 Å². The van der Waals surface area contributed by atoms with Crippen LogP contribution in [0.1, 0.15) is 37.5 Å². The minimum atomic E-state index is 0.234. The Morgan fingerprint density at radius 1 is 1.04 bits per heavy atom. The average molecular weight is 340 g/mol. The summed E-state index contributed by atoms with van der Waals surface area (Å²) in [4.78, 5) is 0. The molecular formula is C22H30NO2. The minimum absolute atomic E-state index is 0.234. The lowest BCUT2D eigenvalue weighted by atomic mass is 9.92. The Morgan fingerprint density at radius 2 is 1.80 bits per heavy atom. The van der Waals surface area contributed by atoms with Gasteiger partial charge in [-0.25, -0.2) is 0 Å². The summed E-state index contributed by atoms with van der Waals surface area (Å²) >= 11 is 0. The summed E-state index contributed by atoms with van der Waals surface area (Å²) in [6.45, 7) is 11.0. The van der Waals surface area contributed by atoms with Crippen molar-refractivity contribution in [3.05, 3.63) is 65.6 Å². The van der Waals surface area contributed by atoms with Crippen LogP contribution in [0.15, 0.2) is 42.5 Å². The van der Waals surface area contributed by atoms with Gasteiger partial charge in [-0.3, -0.25) is 0 Å². The van der Waals surface area contributed by atoms with Crippen LogP contribution >= 0.6 is 0 Å². The van der Waals surface area contributed by atoms with Gasteiger partial charge in [0.05, 0.1) is 7.11 Å². The number of benzene rings is 2. The maximum absolute atomic E-state index is 5.97. The van der Waals surface area contributed by atoms with Gasteiger partial charge in [-0.15, -0.1) is 0 Å². The highest BCUT2D eigenvalue weighted by Gasteiger charge is 2.10. The third kappa shape index (κ3) is 6.43. The molecule has 2 aromatic carbocycles. The van der Waals surface area contributed by atoms with Gasteiger partial charge in [0.2, 0.25) is 0 Å². The molecule has 0 aromatic heterocycles. The Labute approximate surface area is 152 Å². The first kappa shape index (κ1) is 19.3. The maximum Gasteiger partial charge on any atom is 0.161 e. The Kier molecular flexibility index (Phi) is 6.89. The lowest BCUT2D eigenvalue weighted by Crippen LogP contribution is -2.21. The van der Waals surface area contributed by atoms with Crippen LogP contribution < -0.4 is 14.8 Å². The summed E-state index contributed by atoms with van der Waals surface area (Å²) in [7, 11) is 1.68. The van der Waals surface area contributed by atoms with E-state index in [0.29, 0.717) is 6.61 Å². The van der Waals surface area contributed by atoms with Crippen LogP contribution in [0.25, 0.3) is 0 Å². The molecule has 3 heteroatoms. The zero-order valence-electron chi connectivity index (χ0n) is 16.1. The number of hydrogen-bond donors (Lipinski definition) is 1. The van der Waals surface area contributed by atoms with Gasteiger partial charge < -0.3 is 14.8 Å². The minimum Gasteiger partial charge on any atom is -0.493 e. The van der Waals surface area contributed by atoms with Crippen molar-refractivity contribution in [2.45, 2.75) is 40.8 Å². The molecule has 0 unspecified atom stereocenters. The Hall–Kier alpha value is -2.00. The van der Waals surface area contributed by atoms with Crippen molar-refractivity contribution in [3.8, 4) is 11.5 Å². The Morgan fingerprint density at radius 3 is 2.48 bits per heavy atom. The molecule has 0 aliphatic carbocycles. The SMILES string of the molecule is COc1cc(CNC[CH]C(C)(C)C)ccc1OCc1ccccc1C. The van der Waals surface area contributed by atoms with E-state index in [1.54, 1.807) is 7.11 Å². The second-order valence-corrected chi connectivity index (χ2v) is 7.40. The largest absolute Gasteiger partial charge is 0.493 e. The van der Waals surface area contributed by atoms with Crippen LogP contribution in [-0.2, 0) is 13.2 Å². The van der Waals surface area contributed by atoms with E-state index in [9.17, 15) is 0 Å². The zero-order valence-corrected chi connectivity index (χ0v) is 16.1. The summed E-state index contributed by atoms with van der Waals surface area (Å²) in [5, 5.41) is 3.44. The number of methoxy groups -OCH3 is 1. The Balaban J connectivity index is 1.93. The van der Waals surface area contributed by atoms with Crippen molar-refractivity contribution in [1.82, 2.24) is 5.32 Å². The van der Waals surface area contributed by atoms with E-state index >= 15 is 0 Å². The number of ether oxygens (including phenoxy) is 2. The number of aryl methyl sites for hydroxylation is 1. The summed E-state index contributed by atoms with van der Waals surface area (Å²) in [6, 6.07) is 14.4. The normalized spacial score (nSPS) is 11.4. The first-order valence-corrected chi connectivity index (χ1v) is 8.78. The van der Waals surface area contributed by atoms with Gasteiger partial charge in [-0.05, 0) is 54.1 Å². The smallest absolute Gasteiger partial charge is 0.161 e. The van der Waals surface area contributed by atoms with Crippen LogP contribution in [-0.4, -0.2) is 13.7 Å². The van der Waals surface area contributed by atoms with Crippen molar-refractivity contribution in [1.29, 1.82) is 0 Å². The van der Waals surface area contributed by atoms with E-state index in [1.807, 2.05) is 24.3 Å². The molecule has 0 spiro atoms. The molecular weight excluding hydrogens is 310 g/mol. The number of nitrogens with one attached hydrogen (secondary N) is 1. The highest BCUT2D eigenvalue weighted by atomic mass is 16.5. The molecule has 2 aromatic rings. The summed E-state index contributed by atoms with van der Waals surface area (Å²) in [6.07, 6.45) is 2.28. The van der Waals surface area contributed by atoms with Crippen molar-refractivity contribution >= 4 is 0 Å². The molecule has 3 nitrogen and oxygen atoms in total. The second-order valence-electron chi connectivity index (χ2n) is 7.40. The van der Waals surface area contributed by atoms with Crippen molar-refractivity contribution in [3.63, 3.8) is 0 Å². The summed E-state index contributed by atoms with van der Waals surface area (Å²) in [5.41, 5.74) is 3.84. The highest BCUT2D eigenvalue weighted by Crippen LogP contribution is 2.29. The monoisotopic (exact) mass is 340 g/mol. The van der Waals surface area contributed by atoms with E-state index in [4.69, 9.17) is 9.47 Å². The van der Waals surface area contributed by atoms with Gasteiger partial charge in [-0.2, -0.15) is 0 Å². The topological polar surface area (TPSA) is 30.5 Å². The fourth-order valence-corrected chi connectivity index (χ4v) is 2.46. The molecule has 1 N–H and O–H groups in total. The summed E-state index contributed by atoms with van der Waals surface area (Å²) in [5.74, 6) is 1.54. The van der Waals surface area contributed by atoms with E-state index in [0.717, 1.165) is 24.6 Å². The van der Waals surface area contributed by atoms with Gasteiger partial charge in [0.15, 0.2) is 11.5 Å². The first-order valence-electron chi connectivity index (χ1n) is 8.78. The van der Waals surface area contributed by atoms with Crippen LogP contribution in [0.4, 0.5) is 0 Å². The lowest BCUT2D eigenvalue weighted by Gasteiger charge is -2.18. The van der Waals surface area contributed by atoms with Gasteiger partial charge in [0.25, 0.3) is 0 Å². The fourth-order valence-electron chi connectivity index (χ4n) is 2.46. The number of hydrogen-bond acceptors (Lipinski definition) is 3. The number of rotatable bonds is 8. The molecule has 0 saturated carbocycles. The molecule has 0 aliphatic rings. The molecule has 0 amide bonds. The van der Waals surface area contributed by atoms with Crippen LogP contribution in [0, 0.1) is 18.8 Å².